The lowest BCUT2D eigenvalue weighted by Crippen LogP contribution is -2.61. The van der Waals surface area contributed by atoms with Gasteiger partial charge in [0.2, 0.25) is 5.91 Å². The Balaban J connectivity index is 2.51. The van der Waals surface area contributed by atoms with Crippen LogP contribution in [0.4, 0.5) is 0 Å². The number of nitrogens with one attached hydrogen (secondary N) is 1. The Morgan fingerprint density at radius 1 is 1.44 bits per heavy atom. The average Bonchev–Trinajstić information content (AvgIpc) is 2.68. The fraction of sp³-hybridized carbons (Fsp3) is 0.929. The lowest BCUT2D eigenvalue weighted by atomic mass is 9.98. The predicted octanol–water partition coefficient (Wildman–Crippen LogP) is 1.35. The predicted molar refractivity (Wildman–Crippen MR) is 75.3 cm³/mol. The highest BCUT2D eigenvalue weighted by Crippen LogP contribution is 2.25. The number of primary amides is 1. The van der Waals surface area contributed by atoms with E-state index in [1.165, 1.54) is 25.7 Å². The Bertz CT molecular complexity index is 274. The highest BCUT2D eigenvalue weighted by atomic mass is 16.1. The van der Waals surface area contributed by atoms with E-state index in [2.05, 4.69) is 17.3 Å². The van der Waals surface area contributed by atoms with Crippen LogP contribution < -0.4 is 11.1 Å². The molecule has 0 spiro atoms. The monoisotopic (exact) mass is 255 g/mol. The smallest absolute Gasteiger partial charge is 0.238 e. The normalized spacial score (nSPS) is 20.6. The van der Waals surface area contributed by atoms with E-state index in [0.717, 1.165) is 12.5 Å². The Labute approximate surface area is 111 Å². The highest BCUT2D eigenvalue weighted by molar-refractivity contribution is 5.84. The van der Waals surface area contributed by atoms with Crippen molar-refractivity contribution >= 4 is 5.91 Å². The van der Waals surface area contributed by atoms with Gasteiger partial charge in [0.1, 0.15) is 5.54 Å². The van der Waals surface area contributed by atoms with Crippen LogP contribution in [0.5, 0.6) is 0 Å². The van der Waals surface area contributed by atoms with Gasteiger partial charge in [0.05, 0.1) is 0 Å². The molecule has 0 aromatic heterocycles. The molecule has 1 fully saturated rings. The molecule has 1 unspecified atom stereocenters. The standard InChI is InChI=1S/C14H29N3O/c1-11(2)16-14(3,13(15)18)10-17(4)9-12-7-5-6-8-12/h11-12,16H,5-10H2,1-4H3,(H2,15,18). The first kappa shape index (κ1) is 15.4. The second-order valence-electron chi connectivity index (χ2n) is 6.34. The number of nitrogens with two attached hydrogens (primary N) is 1. The van der Waals surface area contributed by atoms with Crippen LogP contribution in [-0.4, -0.2) is 42.5 Å². The zero-order valence-electron chi connectivity index (χ0n) is 12.3. The molecular weight excluding hydrogens is 226 g/mol. The molecule has 0 aromatic rings. The molecule has 0 aromatic carbocycles. The lowest BCUT2D eigenvalue weighted by Gasteiger charge is -2.34. The number of carbonyl (C=O) groups is 1. The summed E-state index contributed by atoms with van der Waals surface area (Å²) in [6.07, 6.45) is 5.37. The average molecular weight is 255 g/mol. The summed E-state index contributed by atoms with van der Waals surface area (Å²) < 4.78 is 0. The lowest BCUT2D eigenvalue weighted by molar-refractivity contribution is -0.124. The van der Waals surface area contributed by atoms with Crippen molar-refractivity contribution in [3.8, 4) is 0 Å². The van der Waals surface area contributed by atoms with E-state index >= 15 is 0 Å². The van der Waals surface area contributed by atoms with Crippen molar-refractivity contribution in [2.45, 2.75) is 58.0 Å². The first-order valence-electron chi connectivity index (χ1n) is 7.09. The van der Waals surface area contributed by atoms with E-state index in [1.54, 1.807) is 0 Å². The molecule has 0 heterocycles. The Hall–Kier alpha value is -0.610. The highest BCUT2D eigenvalue weighted by Gasteiger charge is 2.33. The van der Waals surface area contributed by atoms with Gasteiger partial charge in [-0.15, -0.1) is 0 Å². The Morgan fingerprint density at radius 2 is 2.00 bits per heavy atom. The van der Waals surface area contributed by atoms with Crippen LogP contribution in [-0.2, 0) is 4.79 Å². The first-order chi connectivity index (χ1) is 8.33. The van der Waals surface area contributed by atoms with Gasteiger partial charge in [0.15, 0.2) is 0 Å². The topological polar surface area (TPSA) is 58.4 Å². The maximum atomic E-state index is 11.7. The van der Waals surface area contributed by atoms with Crippen molar-refractivity contribution in [3.05, 3.63) is 0 Å². The summed E-state index contributed by atoms with van der Waals surface area (Å²) in [7, 11) is 2.08. The zero-order chi connectivity index (χ0) is 13.8. The third kappa shape index (κ3) is 4.58. The third-order valence-electron chi connectivity index (χ3n) is 3.78. The van der Waals surface area contributed by atoms with Gasteiger partial charge in [-0.3, -0.25) is 4.79 Å². The number of hydrogen-bond donors (Lipinski definition) is 2. The van der Waals surface area contributed by atoms with E-state index < -0.39 is 5.54 Å². The molecule has 1 atom stereocenters. The zero-order valence-corrected chi connectivity index (χ0v) is 12.3. The number of nitrogens with zero attached hydrogens (tertiary/aromatic N) is 1. The van der Waals surface area contributed by atoms with E-state index in [9.17, 15) is 4.79 Å². The number of rotatable bonds is 7. The maximum absolute atomic E-state index is 11.7. The van der Waals surface area contributed by atoms with Crippen molar-refractivity contribution in [3.63, 3.8) is 0 Å². The molecule has 4 nitrogen and oxygen atoms in total. The van der Waals surface area contributed by atoms with Crippen LogP contribution in [0.15, 0.2) is 0 Å². The van der Waals surface area contributed by atoms with Gasteiger partial charge < -0.3 is 16.0 Å². The SMILES string of the molecule is CC(C)NC(C)(CN(C)CC1CCCC1)C(N)=O. The van der Waals surface area contributed by atoms with Gasteiger partial charge in [0, 0.05) is 19.1 Å². The van der Waals surface area contributed by atoms with Gasteiger partial charge >= 0.3 is 0 Å². The molecule has 18 heavy (non-hydrogen) atoms. The number of hydrogen-bond acceptors (Lipinski definition) is 3. The summed E-state index contributed by atoms with van der Waals surface area (Å²) in [5.74, 6) is 0.528. The van der Waals surface area contributed by atoms with Crippen molar-refractivity contribution < 1.29 is 4.79 Å². The Kier molecular flexibility index (Phi) is 5.60. The summed E-state index contributed by atoms with van der Waals surface area (Å²) in [4.78, 5) is 13.9. The molecule has 3 N–H and O–H groups in total. The van der Waals surface area contributed by atoms with Gasteiger partial charge in [-0.25, -0.2) is 0 Å². The largest absolute Gasteiger partial charge is 0.368 e. The molecule has 1 saturated carbocycles. The van der Waals surface area contributed by atoms with Gasteiger partial charge in [-0.1, -0.05) is 12.8 Å². The second-order valence-corrected chi connectivity index (χ2v) is 6.34. The summed E-state index contributed by atoms with van der Waals surface area (Å²) in [6.45, 7) is 7.73. The third-order valence-corrected chi connectivity index (χ3v) is 3.78. The van der Waals surface area contributed by atoms with Crippen LogP contribution in [0.25, 0.3) is 0 Å². The van der Waals surface area contributed by atoms with E-state index in [1.807, 2.05) is 20.8 Å². The minimum atomic E-state index is -0.637. The quantitative estimate of drug-likeness (QED) is 0.722. The van der Waals surface area contributed by atoms with Crippen molar-refractivity contribution in [2.24, 2.45) is 11.7 Å². The van der Waals surface area contributed by atoms with Crippen LogP contribution in [0.3, 0.4) is 0 Å². The van der Waals surface area contributed by atoms with Gasteiger partial charge in [-0.2, -0.15) is 0 Å². The number of amides is 1. The Morgan fingerprint density at radius 3 is 2.44 bits per heavy atom. The number of likely N-dealkylation sites (N-methyl/N-ethyl adjacent to an activating group) is 1. The molecule has 0 radical (unpaired) electrons. The van der Waals surface area contributed by atoms with Crippen molar-refractivity contribution in [2.75, 3.05) is 20.1 Å². The van der Waals surface area contributed by atoms with E-state index in [0.29, 0.717) is 6.54 Å². The van der Waals surface area contributed by atoms with Crippen LogP contribution in [0, 0.1) is 5.92 Å². The van der Waals surface area contributed by atoms with Crippen LogP contribution in [0.1, 0.15) is 46.5 Å². The molecule has 1 amide bonds. The molecule has 0 saturated heterocycles. The minimum Gasteiger partial charge on any atom is -0.368 e. The fourth-order valence-electron chi connectivity index (χ4n) is 3.07. The molecule has 0 bridgehead atoms. The van der Waals surface area contributed by atoms with Gasteiger partial charge in [-0.05, 0) is 46.6 Å². The van der Waals surface area contributed by atoms with E-state index in [4.69, 9.17) is 5.73 Å². The van der Waals surface area contributed by atoms with Crippen LogP contribution in [0.2, 0.25) is 0 Å². The summed E-state index contributed by atoms with van der Waals surface area (Å²) in [6, 6.07) is 0.252. The maximum Gasteiger partial charge on any atom is 0.238 e. The molecule has 4 heteroatoms. The molecule has 106 valence electrons. The molecular formula is C14H29N3O. The minimum absolute atomic E-state index is 0.252. The summed E-state index contributed by atoms with van der Waals surface area (Å²) >= 11 is 0. The van der Waals surface area contributed by atoms with Gasteiger partial charge in [0.25, 0.3) is 0 Å². The fourth-order valence-corrected chi connectivity index (χ4v) is 3.07. The molecule has 1 aliphatic rings. The summed E-state index contributed by atoms with van der Waals surface area (Å²) in [5, 5.41) is 3.30. The molecule has 0 aliphatic heterocycles. The van der Waals surface area contributed by atoms with Crippen LogP contribution >= 0.6 is 0 Å². The summed E-state index contributed by atoms with van der Waals surface area (Å²) in [5.41, 5.74) is 4.91. The second kappa shape index (κ2) is 6.53. The van der Waals surface area contributed by atoms with Crippen molar-refractivity contribution in [1.29, 1.82) is 0 Å². The first-order valence-corrected chi connectivity index (χ1v) is 7.09. The molecule has 1 aliphatic carbocycles. The number of carbonyl (C=O) groups excluding carboxylic acids is 1. The van der Waals surface area contributed by atoms with Crippen molar-refractivity contribution in [1.82, 2.24) is 10.2 Å². The van der Waals surface area contributed by atoms with E-state index in [-0.39, 0.29) is 11.9 Å². The molecule has 1 rings (SSSR count).